The summed E-state index contributed by atoms with van der Waals surface area (Å²) in [6, 6.07) is 3.50. The molecular weight excluding hydrogens is 436 g/mol. The number of imidazole rings is 1. The molecule has 118 valence electrons. The van der Waals surface area contributed by atoms with Gasteiger partial charge in [0.2, 0.25) is 0 Å². The van der Waals surface area contributed by atoms with Crippen molar-refractivity contribution < 1.29 is 20.1 Å². The zero-order chi connectivity index (χ0) is 13.6. The Morgan fingerprint density at radius 2 is 1.38 bits per heavy atom. The summed E-state index contributed by atoms with van der Waals surface area (Å²) in [5, 5.41) is 0. The second-order valence-corrected chi connectivity index (χ2v) is 5.17. The van der Waals surface area contributed by atoms with Crippen LogP contribution >= 0.6 is 0 Å². The fourth-order valence-electron chi connectivity index (χ4n) is 2.29. The average molecular weight is 464 g/mol. The Morgan fingerprint density at radius 3 is 1.81 bits per heavy atom. The Kier molecular flexibility index (Phi) is 8.42. The number of hydrogen-bond acceptors (Lipinski definition) is 1. The van der Waals surface area contributed by atoms with Crippen molar-refractivity contribution in [3.05, 3.63) is 54.6 Å². The predicted octanol–water partition coefficient (Wildman–Crippen LogP) is 4.64. The Hall–Kier alpha value is -0.921. The van der Waals surface area contributed by atoms with E-state index in [1.807, 2.05) is 0 Å². The van der Waals surface area contributed by atoms with Crippen molar-refractivity contribution in [2.45, 2.75) is 41.5 Å². The predicted molar refractivity (Wildman–Crippen MR) is 88.7 cm³/mol. The van der Waals surface area contributed by atoms with Crippen LogP contribution in [0.1, 0.15) is 33.6 Å². The van der Waals surface area contributed by atoms with Crippen molar-refractivity contribution in [3.8, 4) is 11.4 Å². The zero-order valence-electron chi connectivity index (χ0n) is 14.7. The molecule has 1 aromatic heterocycles. The molecule has 0 saturated carbocycles. The Bertz CT molecular complexity index is 625. The second kappa shape index (κ2) is 7.91. The first-order valence-corrected chi connectivity index (χ1v) is 6.34. The summed E-state index contributed by atoms with van der Waals surface area (Å²) < 4.78 is 2.16. The van der Waals surface area contributed by atoms with E-state index in [1.165, 1.54) is 27.9 Å². The van der Waals surface area contributed by atoms with Crippen LogP contribution in [0.15, 0.2) is 0 Å². The van der Waals surface area contributed by atoms with Crippen molar-refractivity contribution in [2.75, 3.05) is 0 Å². The molecule has 0 unspecified atom stereocenters. The van der Waals surface area contributed by atoms with E-state index in [0.717, 1.165) is 17.1 Å². The van der Waals surface area contributed by atoms with Crippen LogP contribution in [0, 0.1) is 62.5 Å². The van der Waals surface area contributed by atoms with Crippen molar-refractivity contribution in [1.82, 2.24) is 9.55 Å². The Balaban J connectivity index is 0. The van der Waals surface area contributed by atoms with Gasteiger partial charge in [-0.2, -0.15) is 0 Å². The Labute approximate surface area is 144 Å². The van der Waals surface area contributed by atoms with E-state index in [1.54, 1.807) is 0 Å². The van der Waals surface area contributed by atoms with Crippen molar-refractivity contribution in [3.63, 3.8) is 0 Å². The molecule has 0 radical (unpaired) electrons. The van der Waals surface area contributed by atoms with Gasteiger partial charge in [-0.3, -0.25) is 4.98 Å². The summed E-state index contributed by atoms with van der Waals surface area (Å²) in [5.74, 6) is 1.02. The maximum Gasteiger partial charge on any atom is 3.00 e. The summed E-state index contributed by atoms with van der Waals surface area (Å²) in [7, 11) is 2.07. The largest absolute Gasteiger partial charge is 3.00 e. The third-order valence-corrected chi connectivity index (χ3v) is 4.22. The maximum atomic E-state index is 4.68. The molecule has 0 aliphatic carbocycles. The summed E-state index contributed by atoms with van der Waals surface area (Å²) in [5.41, 5.74) is 8.62. The van der Waals surface area contributed by atoms with E-state index in [-0.39, 0.29) is 35.0 Å². The quantitative estimate of drug-likeness (QED) is 0.564. The minimum atomic E-state index is 0. The van der Waals surface area contributed by atoms with Gasteiger partial charge >= 0.3 is 20.1 Å². The van der Waals surface area contributed by atoms with Gasteiger partial charge in [0.05, 0.1) is 5.82 Å². The van der Waals surface area contributed by atoms with Crippen molar-refractivity contribution >= 4 is 0 Å². The van der Waals surface area contributed by atoms with E-state index < -0.39 is 0 Å². The molecule has 3 heteroatoms. The number of hydrogen-bond donors (Lipinski definition) is 0. The summed E-state index contributed by atoms with van der Waals surface area (Å²) in [4.78, 5) is 4.68. The molecule has 0 fully saturated rings. The first-order valence-electron chi connectivity index (χ1n) is 6.34. The molecule has 0 aliphatic rings. The third-order valence-electron chi connectivity index (χ3n) is 4.22. The van der Waals surface area contributed by atoms with Crippen LogP contribution in [-0.4, -0.2) is 9.55 Å². The second-order valence-electron chi connectivity index (χ2n) is 5.17. The number of benzene rings is 1. The number of nitrogens with zero attached hydrogens (tertiary/aromatic N) is 2. The molecule has 0 aliphatic heterocycles. The molecular formula is C18H27IrN2. The molecule has 2 aromatic rings. The number of aromatic nitrogens is 2. The van der Waals surface area contributed by atoms with Crippen LogP contribution in [0.25, 0.3) is 11.4 Å². The van der Waals surface area contributed by atoms with Crippen LogP contribution in [0.3, 0.4) is 0 Å². The minimum Gasteiger partial charge on any atom is -0.371 e. The maximum absolute atomic E-state index is 4.68. The van der Waals surface area contributed by atoms with Gasteiger partial charge in [-0.25, -0.2) is 0 Å². The van der Waals surface area contributed by atoms with Crippen molar-refractivity contribution in [2.24, 2.45) is 7.05 Å². The van der Waals surface area contributed by atoms with E-state index in [0.29, 0.717) is 0 Å². The first kappa shape index (κ1) is 22.4. The number of aryl methyl sites for hydroxylation is 2. The van der Waals surface area contributed by atoms with Crippen LogP contribution in [0.5, 0.6) is 0 Å². The molecule has 0 N–H and O–H groups in total. The monoisotopic (exact) mass is 464 g/mol. The van der Waals surface area contributed by atoms with E-state index >= 15 is 0 Å². The molecule has 1 aromatic carbocycles. The molecule has 0 bridgehead atoms. The zero-order valence-corrected chi connectivity index (χ0v) is 17.1. The molecule has 0 amide bonds. The molecule has 0 spiro atoms. The molecule has 21 heavy (non-hydrogen) atoms. The Morgan fingerprint density at radius 1 is 0.857 bits per heavy atom. The minimum absolute atomic E-state index is 0. The first-order chi connectivity index (χ1) is 8.34. The van der Waals surface area contributed by atoms with Crippen LogP contribution in [0.4, 0.5) is 0 Å². The van der Waals surface area contributed by atoms with Gasteiger partial charge in [0, 0.05) is 18.4 Å². The SMILES string of the molecule is Cc1[c-]c(-c2nc(C)c(C)n2C)c(C)c(C)c1C.[CH3-].[CH3-].[Ir+3]. The van der Waals surface area contributed by atoms with Crippen LogP contribution < -0.4 is 0 Å². The van der Waals surface area contributed by atoms with Gasteiger partial charge < -0.3 is 19.4 Å². The molecule has 1 heterocycles. The fraction of sp³-hybridized carbons (Fsp3) is 0.389. The van der Waals surface area contributed by atoms with Gasteiger partial charge in [-0.05, 0) is 13.8 Å². The van der Waals surface area contributed by atoms with Gasteiger partial charge in [-0.1, -0.05) is 27.7 Å². The standard InChI is InChI=1S/C16H21N2.2CH3.Ir/c1-9-8-15(12(4)11(3)10(9)2)16-17-13(5)14(6)18(16)7;;;/h1-7H3;2*1H3;/q3*-1;+3. The van der Waals surface area contributed by atoms with Crippen molar-refractivity contribution in [1.29, 1.82) is 0 Å². The fourth-order valence-corrected chi connectivity index (χ4v) is 2.29. The van der Waals surface area contributed by atoms with Crippen LogP contribution in [0.2, 0.25) is 0 Å². The van der Waals surface area contributed by atoms with Crippen LogP contribution in [-0.2, 0) is 27.2 Å². The van der Waals surface area contributed by atoms with Gasteiger partial charge in [0.15, 0.2) is 0 Å². The summed E-state index contributed by atoms with van der Waals surface area (Å²) >= 11 is 0. The third kappa shape index (κ3) is 3.64. The smallest absolute Gasteiger partial charge is 0.371 e. The summed E-state index contributed by atoms with van der Waals surface area (Å²) in [6.45, 7) is 12.8. The molecule has 2 rings (SSSR count). The molecule has 2 nitrogen and oxygen atoms in total. The van der Waals surface area contributed by atoms with Gasteiger partial charge in [-0.15, -0.1) is 33.9 Å². The number of rotatable bonds is 1. The molecule has 0 saturated heterocycles. The van der Waals surface area contributed by atoms with Gasteiger partial charge in [0.25, 0.3) is 0 Å². The van der Waals surface area contributed by atoms with E-state index in [4.69, 9.17) is 0 Å². The molecule has 0 atom stereocenters. The van der Waals surface area contributed by atoms with E-state index in [9.17, 15) is 0 Å². The normalized spacial score (nSPS) is 9.48. The average Bonchev–Trinajstić information content (AvgIpc) is 2.59. The van der Waals surface area contributed by atoms with Gasteiger partial charge in [0.1, 0.15) is 0 Å². The van der Waals surface area contributed by atoms with E-state index in [2.05, 4.69) is 64.2 Å². The summed E-state index contributed by atoms with van der Waals surface area (Å²) in [6.07, 6.45) is 0. The topological polar surface area (TPSA) is 17.8 Å².